The first-order chi connectivity index (χ1) is 16.9. The van der Waals surface area contributed by atoms with Gasteiger partial charge in [-0.05, 0) is 49.2 Å². The van der Waals surface area contributed by atoms with Crippen LogP contribution < -0.4 is 16.2 Å². The van der Waals surface area contributed by atoms with Crippen LogP contribution in [0.4, 0.5) is 11.4 Å². The van der Waals surface area contributed by atoms with Gasteiger partial charge in [0.2, 0.25) is 11.8 Å². The number of hydrogen-bond acceptors (Lipinski definition) is 4. The van der Waals surface area contributed by atoms with Crippen molar-refractivity contribution in [2.45, 2.75) is 40.2 Å². The molecule has 0 unspecified atom stereocenters. The van der Waals surface area contributed by atoms with Crippen LogP contribution in [0.3, 0.4) is 0 Å². The lowest BCUT2D eigenvalue weighted by molar-refractivity contribution is -0.117. The number of rotatable bonds is 7. The summed E-state index contributed by atoms with van der Waals surface area (Å²) in [6.45, 7) is 5.52. The molecule has 0 spiro atoms. The first-order valence-corrected chi connectivity index (χ1v) is 11.7. The van der Waals surface area contributed by atoms with E-state index in [9.17, 15) is 14.4 Å². The Morgan fingerprint density at radius 2 is 1.60 bits per heavy atom. The van der Waals surface area contributed by atoms with Crippen LogP contribution in [0.15, 0.2) is 71.5 Å². The van der Waals surface area contributed by atoms with Crippen molar-refractivity contribution in [2.75, 3.05) is 10.6 Å². The second-order valence-electron chi connectivity index (χ2n) is 8.35. The molecule has 0 bridgehead atoms. The molecule has 0 radical (unpaired) electrons. The van der Waals surface area contributed by atoms with Crippen molar-refractivity contribution < 1.29 is 9.59 Å². The van der Waals surface area contributed by atoms with Crippen molar-refractivity contribution in [1.82, 2.24) is 9.55 Å². The average Bonchev–Trinajstić information content (AvgIpc) is 2.87. The van der Waals surface area contributed by atoms with E-state index in [1.807, 2.05) is 62.4 Å². The number of carbonyl (C=O) groups is 2. The molecular formula is C28H28N4O3. The molecule has 0 aliphatic rings. The molecule has 0 saturated carbocycles. The van der Waals surface area contributed by atoms with Gasteiger partial charge in [0.1, 0.15) is 12.2 Å². The van der Waals surface area contributed by atoms with Gasteiger partial charge in [0.25, 0.3) is 5.56 Å². The van der Waals surface area contributed by atoms with E-state index in [-0.39, 0.29) is 24.1 Å². The largest absolute Gasteiger partial charge is 0.325 e. The minimum atomic E-state index is -0.403. The van der Waals surface area contributed by atoms with Crippen LogP contribution in [0.5, 0.6) is 0 Å². The molecule has 1 heterocycles. The van der Waals surface area contributed by atoms with Crippen LogP contribution in [-0.2, 0) is 22.6 Å². The Labute approximate surface area is 203 Å². The summed E-state index contributed by atoms with van der Waals surface area (Å²) in [6, 6.07) is 20.3. The molecule has 1 aromatic heterocycles. The zero-order valence-electron chi connectivity index (χ0n) is 20.1. The predicted octanol–water partition coefficient (Wildman–Crippen LogP) is 4.92. The monoisotopic (exact) mass is 468 g/mol. The molecule has 0 atom stereocenters. The van der Waals surface area contributed by atoms with E-state index < -0.39 is 5.56 Å². The van der Waals surface area contributed by atoms with Gasteiger partial charge in [-0.1, -0.05) is 55.8 Å². The van der Waals surface area contributed by atoms with Crippen molar-refractivity contribution in [1.29, 1.82) is 0 Å². The Balaban J connectivity index is 1.81. The van der Waals surface area contributed by atoms with Gasteiger partial charge in [0, 0.05) is 17.7 Å². The maximum absolute atomic E-state index is 13.7. The Morgan fingerprint density at radius 1 is 0.886 bits per heavy atom. The fourth-order valence-electron chi connectivity index (χ4n) is 4.01. The van der Waals surface area contributed by atoms with Gasteiger partial charge in [-0.3, -0.25) is 19.0 Å². The highest BCUT2D eigenvalue weighted by atomic mass is 16.2. The highest BCUT2D eigenvalue weighted by molar-refractivity contribution is 5.96. The number of nitrogens with zero attached hydrogens (tertiary/aromatic N) is 2. The molecule has 3 aromatic carbocycles. The Bertz CT molecular complexity index is 1470. The first-order valence-electron chi connectivity index (χ1n) is 11.7. The maximum Gasteiger partial charge on any atom is 0.278 e. The van der Waals surface area contributed by atoms with Crippen LogP contribution in [0.1, 0.15) is 31.4 Å². The summed E-state index contributed by atoms with van der Waals surface area (Å²) >= 11 is 0. The third-order valence-electron chi connectivity index (χ3n) is 5.85. The third-order valence-corrected chi connectivity index (χ3v) is 5.85. The predicted molar refractivity (Wildman–Crippen MR) is 140 cm³/mol. The summed E-state index contributed by atoms with van der Waals surface area (Å²) in [5.41, 5.74) is 4.62. The molecular weight excluding hydrogens is 440 g/mol. The van der Waals surface area contributed by atoms with Crippen LogP contribution in [0.2, 0.25) is 0 Å². The molecule has 4 rings (SSSR count). The normalized spacial score (nSPS) is 10.8. The van der Waals surface area contributed by atoms with Gasteiger partial charge in [0.05, 0.1) is 16.7 Å². The van der Waals surface area contributed by atoms with Gasteiger partial charge < -0.3 is 10.6 Å². The van der Waals surface area contributed by atoms with Crippen molar-refractivity contribution in [2.24, 2.45) is 0 Å². The number of fused-ring (bicyclic) bond motifs is 1. The number of hydrogen-bond donors (Lipinski definition) is 2. The van der Waals surface area contributed by atoms with Crippen LogP contribution in [0.25, 0.3) is 22.3 Å². The Kier molecular flexibility index (Phi) is 7.06. The number of nitrogens with one attached hydrogen (secondary N) is 2. The van der Waals surface area contributed by atoms with Crippen molar-refractivity contribution in [3.63, 3.8) is 0 Å². The minimum Gasteiger partial charge on any atom is -0.325 e. The summed E-state index contributed by atoms with van der Waals surface area (Å²) in [6.07, 6.45) is 1.08. The van der Waals surface area contributed by atoms with E-state index in [0.29, 0.717) is 28.7 Å². The zero-order valence-corrected chi connectivity index (χ0v) is 20.1. The molecule has 0 saturated heterocycles. The van der Waals surface area contributed by atoms with Crippen LogP contribution >= 0.6 is 0 Å². The van der Waals surface area contributed by atoms with Gasteiger partial charge in [-0.25, -0.2) is 4.98 Å². The van der Waals surface area contributed by atoms with Gasteiger partial charge in [-0.2, -0.15) is 0 Å². The van der Waals surface area contributed by atoms with E-state index in [0.717, 1.165) is 23.2 Å². The second kappa shape index (κ2) is 10.3. The lowest BCUT2D eigenvalue weighted by Gasteiger charge is -2.16. The SMILES string of the molecule is CCC(=O)Nc1ccc(C)cc1-c1nc2ccccc2n(CC(=O)Nc2ccccc2CC)c1=O. The topological polar surface area (TPSA) is 93.1 Å². The smallest absolute Gasteiger partial charge is 0.278 e. The van der Waals surface area contributed by atoms with Gasteiger partial charge in [-0.15, -0.1) is 0 Å². The molecule has 35 heavy (non-hydrogen) atoms. The number of para-hydroxylation sites is 3. The van der Waals surface area contributed by atoms with Crippen molar-refractivity contribution in [3.8, 4) is 11.3 Å². The molecule has 0 fully saturated rings. The van der Waals surface area contributed by atoms with Gasteiger partial charge >= 0.3 is 0 Å². The number of benzene rings is 3. The van der Waals surface area contributed by atoms with E-state index in [1.54, 1.807) is 25.1 Å². The fraction of sp³-hybridized carbons (Fsp3) is 0.214. The first kappa shape index (κ1) is 23.9. The average molecular weight is 469 g/mol. The lowest BCUT2D eigenvalue weighted by Crippen LogP contribution is -2.30. The van der Waals surface area contributed by atoms with E-state index >= 15 is 0 Å². The van der Waals surface area contributed by atoms with Crippen LogP contribution in [0, 0.1) is 6.92 Å². The summed E-state index contributed by atoms with van der Waals surface area (Å²) in [5.74, 6) is -0.468. The highest BCUT2D eigenvalue weighted by Crippen LogP contribution is 2.27. The molecule has 0 aliphatic carbocycles. The standard InChI is InChI=1S/C28H28N4O3/c1-4-19-10-6-7-11-21(19)29-26(34)17-32-24-13-9-8-12-23(24)31-27(28(32)35)20-16-18(3)14-15-22(20)30-25(33)5-2/h6-16H,4-5,17H2,1-3H3,(H,29,34)(H,30,33). The molecule has 0 aliphatic heterocycles. The molecule has 4 aromatic rings. The third kappa shape index (κ3) is 5.14. The van der Waals surface area contributed by atoms with Gasteiger partial charge in [0.15, 0.2) is 0 Å². The summed E-state index contributed by atoms with van der Waals surface area (Å²) in [7, 11) is 0. The number of carbonyl (C=O) groups excluding carboxylic acids is 2. The quantitative estimate of drug-likeness (QED) is 0.403. The van der Waals surface area contributed by atoms with E-state index in [2.05, 4.69) is 15.6 Å². The number of amides is 2. The molecule has 2 N–H and O–H groups in total. The molecule has 178 valence electrons. The number of anilines is 2. The lowest BCUT2D eigenvalue weighted by atomic mass is 10.1. The van der Waals surface area contributed by atoms with E-state index in [1.165, 1.54) is 4.57 Å². The van der Waals surface area contributed by atoms with Crippen molar-refractivity contribution >= 4 is 34.2 Å². The van der Waals surface area contributed by atoms with Crippen LogP contribution in [-0.4, -0.2) is 21.4 Å². The van der Waals surface area contributed by atoms with Crippen molar-refractivity contribution in [3.05, 3.63) is 88.2 Å². The molecule has 7 heteroatoms. The molecule has 7 nitrogen and oxygen atoms in total. The fourth-order valence-corrected chi connectivity index (χ4v) is 4.01. The summed E-state index contributed by atoms with van der Waals surface area (Å²) in [5, 5.41) is 5.80. The summed E-state index contributed by atoms with van der Waals surface area (Å²) < 4.78 is 1.44. The second-order valence-corrected chi connectivity index (χ2v) is 8.35. The zero-order chi connectivity index (χ0) is 24.9. The number of aromatic nitrogens is 2. The number of aryl methyl sites for hydroxylation is 2. The maximum atomic E-state index is 13.7. The van der Waals surface area contributed by atoms with E-state index in [4.69, 9.17) is 0 Å². The summed E-state index contributed by atoms with van der Waals surface area (Å²) in [4.78, 5) is 43.5. The Morgan fingerprint density at radius 3 is 2.37 bits per heavy atom. The highest BCUT2D eigenvalue weighted by Gasteiger charge is 2.19. The molecule has 2 amide bonds. The minimum absolute atomic E-state index is 0.162. The Hall–Kier alpha value is -4.26.